The SMILES string of the molecule is CC(Nc1ncc(C#N)c(-c2c[nH]c3ncc(C(F)(F)F)cc23)n1)C1C=CC(N2CCNCC2)=CC1. The van der Waals surface area contributed by atoms with Crippen LogP contribution in [0.25, 0.3) is 22.3 Å². The molecule has 3 N–H and O–H groups in total. The lowest BCUT2D eigenvalue weighted by atomic mass is 9.92. The quantitative estimate of drug-likeness (QED) is 0.491. The van der Waals surface area contributed by atoms with E-state index in [-0.39, 0.29) is 34.3 Å². The zero-order chi connectivity index (χ0) is 25.3. The lowest BCUT2D eigenvalue weighted by Gasteiger charge is -2.33. The predicted molar refractivity (Wildman–Crippen MR) is 130 cm³/mol. The van der Waals surface area contributed by atoms with E-state index >= 15 is 0 Å². The van der Waals surface area contributed by atoms with E-state index in [1.165, 1.54) is 18.1 Å². The normalized spacial score (nSPS) is 19.1. The minimum absolute atomic E-state index is 0.00988. The summed E-state index contributed by atoms with van der Waals surface area (Å²) in [6, 6.07) is 3.04. The maximum absolute atomic E-state index is 13.3. The van der Waals surface area contributed by atoms with Crippen molar-refractivity contribution in [3.05, 3.63) is 59.7 Å². The molecule has 1 saturated heterocycles. The van der Waals surface area contributed by atoms with Crippen molar-refractivity contribution in [2.75, 3.05) is 31.5 Å². The number of aromatic nitrogens is 4. The van der Waals surface area contributed by atoms with Gasteiger partial charge < -0.3 is 20.5 Å². The number of rotatable bonds is 5. The number of fused-ring (bicyclic) bond motifs is 1. The van der Waals surface area contributed by atoms with E-state index in [1.807, 2.05) is 13.0 Å². The molecule has 2 unspecified atom stereocenters. The molecule has 0 bridgehead atoms. The predicted octanol–water partition coefficient (Wildman–Crippen LogP) is 4.08. The first-order chi connectivity index (χ1) is 17.3. The number of alkyl halides is 3. The largest absolute Gasteiger partial charge is 0.417 e. The van der Waals surface area contributed by atoms with Crippen molar-refractivity contribution in [3.8, 4) is 17.3 Å². The highest BCUT2D eigenvalue weighted by Crippen LogP contribution is 2.35. The molecule has 2 aliphatic rings. The Morgan fingerprint density at radius 3 is 2.72 bits per heavy atom. The molecule has 4 heterocycles. The van der Waals surface area contributed by atoms with Gasteiger partial charge in [-0.25, -0.2) is 15.0 Å². The summed E-state index contributed by atoms with van der Waals surface area (Å²) in [6.07, 6.45) is 6.59. The number of piperazine rings is 1. The Morgan fingerprint density at radius 1 is 1.22 bits per heavy atom. The number of nitrogens with one attached hydrogen (secondary N) is 3. The Balaban J connectivity index is 1.37. The van der Waals surface area contributed by atoms with Crippen molar-refractivity contribution in [1.29, 1.82) is 5.26 Å². The lowest BCUT2D eigenvalue weighted by molar-refractivity contribution is -0.137. The molecule has 5 rings (SSSR count). The summed E-state index contributed by atoms with van der Waals surface area (Å²) < 4.78 is 39.8. The number of hydrogen-bond donors (Lipinski definition) is 3. The number of halogens is 3. The molecular weight excluding hydrogens is 469 g/mol. The number of nitrogens with zero attached hydrogens (tertiary/aromatic N) is 5. The molecule has 1 aliphatic heterocycles. The van der Waals surface area contributed by atoms with Gasteiger partial charge in [0.1, 0.15) is 11.7 Å². The first-order valence-electron chi connectivity index (χ1n) is 11.8. The summed E-state index contributed by atoms with van der Waals surface area (Å²) in [6.45, 7) is 5.98. The second kappa shape index (κ2) is 9.62. The molecule has 1 aliphatic carbocycles. The van der Waals surface area contributed by atoms with Crippen LogP contribution in [0.15, 0.2) is 48.6 Å². The van der Waals surface area contributed by atoms with Crippen LogP contribution in [0.3, 0.4) is 0 Å². The number of hydrogen-bond acceptors (Lipinski definition) is 7. The van der Waals surface area contributed by atoms with Crippen molar-refractivity contribution >= 4 is 17.0 Å². The van der Waals surface area contributed by atoms with Gasteiger partial charge in [-0.1, -0.05) is 12.2 Å². The highest BCUT2D eigenvalue weighted by atomic mass is 19.4. The van der Waals surface area contributed by atoms with Gasteiger partial charge >= 0.3 is 6.18 Å². The summed E-state index contributed by atoms with van der Waals surface area (Å²) in [5.74, 6) is 0.516. The van der Waals surface area contributed by atoms with Crippen LogP contribution in [0.2, 0.25) is 0 Å². The molecule has 186 valence electrons. The first-order valence-corrected chi connectivity index (χ1v) is 11.8. The first kappa shape index (κ1) is 23.8. The van der Waals surface area contributed by atoms with Crippen molar-refractivity contribution in [3.63, 3.8) is 0 Å². The fourth-order valence-electron chi connectivity index (χ4n) is 4.56. The van der Waals surface area contributed by atoms with Gasteiger partial charge in [-0.2, -0.15) is 18.4 Å². The number of aromatic amines is 1. The third-order valence-electron chi connectivity index (χ3n) is 6.62. The molecule has 3 aromatic rings. The molecule has 1 fully saturated rings. The minimum Gasteiger partial charge on any atom is -0.369 e. The van der Waals surface area contributed by atoms with E-state index in [4.69, 9.17) is 0 Å². The second-order valence-electron chi connectivity index (χ2n) is 8.95. The van der Waals surface area contributed by atoms with E-state index in [9.17, 15) is 18.4 Å². The molecule has 0 amide bonds. The molecule has 0 saturated carbocycles. The molecule has 0 radical (unpaired) electrons. The molecule has 2 atom stereocenters. The molecule has 0 aromatic carbocycles. The number of pyridine rings is 1. The topological polar surface area (TPSA) is 106 Å². The molecular formula is C25H25F3N8. The Labute approximate surface area is 206 Å². The summed E-state index contributed by atoms with van der Waals surface area (Å²) >= 11 is 0. The van der Waals surface area contributed by atoms with Crippen molar-refractivity contribution < 1.29 is 13.2 Å². The van der Waals surface area contributed by atoms with Gasteiger partial charge in [0.2, 0.25) is 5.95 Å². The van der Waals surface area contributed by atoms with Crippen LogP contribution < -0.4 is 10.6 Å². The molecule has 36 heavy (non-hydrogen) atoms. The Morgan fingerprint density at radius 2 is 2.03 bits per heavy atom. The van der Waals surface area contributed by atoms with E-state index in [1.54, 1.807) is 0 Å². The van der Waals surface area contributed by atoms with Crippen LogP contribution in [-0.4, -0.2) is 57.1 Å². The van der Waals surface area contributed by atoms with Gasteiger partial charge in [0.05, 0.1) is 23.0 Å². The van der Waals surface area contributed by atoms with Crippen molar-refractivity contribution in [1.82, 2.24) is 30.2 Å². The smallest absolute Gasteiger partial charge is 0.369 e. The standard InChI is InChI=1S/C25H25F3N8/c1-15(16-2-4-19(5-3-16)36-8-6-30-7-9-36)34-24-33-12-17(11-29)22(35-24)21-14-32-23-20(21)10-18(13-31-23)25(26,27)28/h2,4-5,10,12-16,30H,3,6-9H2,1H3,(H,31,32)(H,33,34,35). The van der Waals surface area contributed by atoms with Crippen LogP contribution in [-0.2, 0) is 6.18 Å². The fourth-order valence-corrected chi connectivity index (χ4v) is 4.56. The highest BCUT2D eigenvalue weighted by molar-refractivity contribution is 5.94. The minimum atomic E-state index is -4.53. The maximum Gasteiger partial charge on any atom is 0.417 e. The lowest BCUT2D eigenvalue weighted by Crippen LogP contribution is -2.42. The third-order valence-corrected chi connectivity index (χ3v) is 6.62. The van der Waals surface area contributed by atoms with E-state index in [0.717, 1.165) is 44.9 Å². The molecule has 11 heteroatoms. The van der Waals surface area contributed by atoms with Crippen LogP contribution >= 0.6 is 0 Å². The number of anilines is 1. The van der Waals surface area contributed by atoms with Crippen LogP contribution in [0.5, 0.6) is 0 Å². The maximum atomic E-state index is 13.3. The van der Waals surface area contributed by atoms with Gasteiger partial charge in [0, 0.05) is 67.2 Å². The molecule has 0 spiro atoms. The van der Waals surface area contributed by atoms with Crippen LogP contribution in [0.1, 0.15) is 24.5 Å². The number of allylic oxidation sites excluding steroid dienone is 2. The third kappa shape index (κ3) is 4.77. The van der Waals surface area contributed by atoms with Gasteiger partial charge in [0.15, 0.2) is 0 Å². The van der Waals surface area contributed by atoms with Crippen LogP contribution in [0, 0.1) is 17.2 Å². The van der Waals surface area contributed by atoms with Gasteiger partial charge in [-0.3, -0.25) is 0 Å². The summed E-state index contributed by atoms with van der Waals surface area (Å²) in [7, 11) is 0. The zero-order valence-electron chi connectivity index (χ0n) is 19.6. The van der Waals surface area contributed by atoms with E-state index in [2.05, 4.69) is 53.7 Å². The summed E-state index contributed by atoms with van der Waals surface area (Å²) in [5, 5.41) is 16.5. The van der Waals surface area contributed by atoms with Gasteiger partial charge in [0.25, 0.3) is 0 Å². The van der Waals surface area contributed by atoms with E-state index in [0.29, 0.717) is 11.5 Å². The average molecular weight is 495 g/mol. The molecule has 3 aromatic heterocycles. The zero-order valence-corrected chi connectivity index (χ0v) is 19.6. The number of H-pyrrole nitrogens is 1. The average Bonchev–Trinajstić information content (AvgIpc) is 3.32. The Hall–Kier alpha value is -3.91. The number of nitriles is 1. The van der Waals surface area contributed by atoms with Crippen LogP contribution in [0.4, 0.5) is 19.1 Å². The van der Waals surface area contributed by atoms with Gasteiger partial charge in [-0.05, 0) is 25.5 Å². The second-order valence-corrected chi connectivity index (χ2v) is 8.95. The van der Waals surface area contributed by atoms with Crippen molar-refractivity contribution in [2.45, 2.75) is 25.6 Å². The Kier molecular flexibility index (Phi) is 6.36. The highest BCUT2D eigenvalue weighted by Gasteiger charge is 2.32. The summed E-state index contributed by atoms with van der Waals surface area (Å²) in [5.41, 5.74) is 1.42. The summed E-state index contributed by atoms with van der Waals surface area (Å²) in [4.78, 5) is 17.9. The van der Waals surface area contributed by atoms with E-state index < -0.39 is 11.7 Å². The Bertz CT molecular complexity index is 1360. The monoisotopic (exact) mass is 494 g/mol. The molecule has 8 nitrogen and oxygen atoms in total. The van der Waals surface area contributed by atoms with Gasteiger partial charge in [-0.15, -0.1) is 0 Å². The fraction of sp³-hybridized carbons (Fsp3) is 0.360. The van der Waals surface area contributed by atoms with Crippen molar-refractivity contribution in [2.24, 2.45) is 5.92 Å².